The van der Waals surface area contributed by atoms with Crippen molar-refractivity contribution in [2.24, 2.45) is 5.73 Å². The minimum Gasteiger partial charge on any atom is -0.338 e. The van der Waals surface area contributed by atoms with E-state index in [4.69, 9.17) is 5.73 Å². The molecule has 0 saturated carbocycles. The van der Waals surface area contributed by atoms with Crippen LogP contribution in [0.4, 0.5) is 16.2 Å². The number of nitrogens with one attached hydrogen (secondary N) is 3. The first-order chi connectivity index (χ1) is 9.01. The third-order valence-corrected chi connectivity index (χ3v) is 2.25. The monoisotopic (exact) mass is 300 g/mol. The van der Waals surface area contributed by atoms with Crippen LogP contribution in [0, 0.1) is 0 Å². The van der Waals surface area contributed by atoms with E-state index in [1.165, 1.54) is 0 Å². The van der Waals surface area contributed by atoms with Gasteiger partial charge < -0.3 is 21.7 Å². The molecule has 0 saturated heterocycles. The molecule has 0 aliphatic carbocycles. The van der Waals surface area contributed by atoms with Gasteiger partial charge in [0.15, 0.2) is 0 Å². The van der Waals surface area contributed by atoms with Gasteiger partial charge in [0, 0.05) is 30.4 Å². The number of carbonyl (C=O) groups is 2. The molecular formula is C13H21ClN4O2. The third kappa shape index (κ3) is 6.96. The number of amides is 3. The molecule has 0 heterocycles. The molecule has 0 bridgehead atoms. The van der Waals surface area contributed by atoms with Crippen LogP contribution in [0.1, 0.15) is 20.3 Å². The van der Waals surface area contributed by atoms with Crippen LogP contribution >= 0.6 is 12.4 Å². The molecule has 1 aromatic rings. The fraction of sp³-hybridized carbons (Fsp3) is 0.385. The first-order valence-electron chi connectivity index (χ1n) is 6.21. The average molecular weight is 301 g/mol. The van der Waals surface area contributed by atoms with Gasteiger partial charge in [-0.15, -0.1) is 12.4 Å². The molecule has 3 amide bonds. The molecule has 7 heteroatoms. The maximum absolute atomic E-state index is 11.6. The van der Waals surface area contributed by atoms with E-state index in [2.05, 4.69) is 16.0 Å². The van der Waals surface area contributed by atoms with Crippen LogP contribution in [-0.4, -0.2) is 24.5 Å². The maximum atomic E-state index is 11.6. The summed E-state index contributed by atoms with van der Waals surface area (Å²) in [5.41, 5.74) is 6.79. The van der Waals surface area contributed by atoms with E-state index in [-0.39, 0.29) is 36.8 Å². The van der Waals surface area contributed by atoms with E-state index in [1.54, 1.807) is 31.2 Å². The molecule has 112 valence electrons. The number of benzene rings is 1. The Hall–Kier alpha value is -1.79. The van der Waals surface area contributed by atoms with Gasteiger partial charge in [0.25, 0.3) is 0 Å². The summed E-state index contributed by atoms with van der Waals surface area (Å²) < 4.78 is 0. The van der Waals surface area contributed by atoms with Crippen LogP contribution in [0.2, 0.25) is 0 Å². The molecule has 0 spiro atoms. The van der Waals surface area contributed by atoms with Gasteiger partial charge in [0.1, 0.15) is 0 Å². The fourth-order valence-corrected chi connectivity index (χ4v) is 1.52. The molecule has 1 aromatic carbocycles. The van der Waals surface area contributed by atoms with Crippen LogP contribution in [0.5, 0.6) is 0 Å². The quantitative estimate of drug-likeness (QED) is 0.669. The molecule has 0 aliphatic rings. The Bertz CT molecular complexity index is 452. The van der Waals surface area contributed by atoms with Crippen LogP contribution in [0.3, 0.4) is 0 Å². The Morgan fingerprint density at radius 3 is 2.40 bits per heavy atom. The zero-order chi connectivity index (χ0) is 14.3. The normalized spacial score (nSPS) is 10.9. The molecule has 6 nitrogen and oxygen atoms in total. The second-order valence-electron chi connectivity index (χ2n) is 4.29. The summed E-state index contributed by atoms with van der Waals surface area (Å²) in [6, 6.07) is 6.48. The molecule has 20 heavy (non-hydrogen) atoms. The van der Waals surface area contributed by atoms with E-state index >= 15 is 0 Å². The molecule has 1 rings (SSSR count). The lowest BCUT2D eigenvalue weighted by Gasteiger charge is -2.10. The highest BCUT2D eigenvalue weighted by Gasteiger charge is 2.06. The van der Waals surface area contributed by atoms with E-state index in [0.717, 1.165) is 0 Å². The number of carbonyl (C=O) groups excluding carboxylic acids is 2. The Morgan fingerprint density at radius 2 is 1.85 bits per heavy atom. The Labute approximate surface area is 124 Å². The largest absolute Gasteiger partial charge is 0.338 e. The minimum absolute atomic E-state index is 0. The average Bonchev–Trinajstić information content (AvgIpc) is 2.28. The first-order valence-corrected chi connectivity index (χ1v) is 6.21. The van der Waals surface area contributed by atoms with Crippen molar-refractivity contribution in [1.29, 1.82) is 0 Å². The summed E-state index contributed by atoms with van der Waals surface area (Å²) in [4.78, 5) is 22.9. The predicted molar refractivity (Wildman–Crippen MR) is 83.3 cm³/mol. The third-order valence-electron chi connectivity index (χ3n) is 2.25. The smallest absolute Gasteiger partial charge is 0.319 e. The van der Waals surface area contributed by atoms with Gasteiger partial charge in [-0.2, -0.15) is 0 Å². The lowest BCUT2D eigenvalue weighted by Crippen LogP contribution is -2.28. The van der Waals surface area contributed by atoms with E-state index < -0.39 is 0 Å². The van der Waals surface area contributed by atoms with E-state index in [1.807, 2.05) is 6.92 Å². The van der Waals surface area contributed by atoms with Gasteiger partial charge in [0.2, 0.25) is 5.91 Å². The van der Waals surface area contributed by atoms with Gasteiger partial charge in [-0.1, -0.05) is 6.07 Å². The number of rotatable bonds is 5. The lowest BCUT2D eigenvalue weighted by molar-refractivity contribution is -0.116. The summed E-state index contributed by atoms with van der Waals surface area (Å²) in [6.07, 6.45) is 0.258. The van der Waals surface area contributed by atoms with Gasteiger partial charge in [-0.05, 0) is 32.0 Å². The maximum Gasteiger partial charge on any atom is 0.319 e. The van der Waals surface area contributed by atoms with Crippen molar-refractivity contribution in [3.8, 4) is 0 Å². The number of halogens is 1. The molecule has 1 atom stereocenters. The van der Waals surface area contributed by atoms with Crippen LogP contribution < -0.4 is 21.7 Å². The van der Waals surface area contributed by atoms with Gasteiger partial charge in [-0.3, -0.25) is 4.79 Å². The van der Waals surface area contributed by atoms with Crippen molar-refractivity contribution in [1.82, 2.24) is 5.32 Å². The Kier molecular flexibility index (Phi) is 8.35. The van der Waals surface area contributed by atoms with Crippen molar-refractivity contribution in [3.05, 3.63) is 24.3 Å². The number of nitrogens with two attached hydrogens (primary N) is 1. The predicted octanol–water partition coefficient (Wildman–Crippen LogP) is 1.93. The van der Waals surface area contributed by atoms with Crippen LogP contribution in [0.25, 0.3) is 0 Å². The van der Waals surface area contributed by atoms with Crippen molar-refractivity contribution < 1.29 is 9.59 Å². The van der Waals surface area contributed by atoms with Gasteiger partial charge in [-0.25, -0.2) is 4.79 Å². The molecule has 1 unspecified atom stereocenters. The second-order valence-corrected chi connectivity index (χ2v) is 4.29. The number of hydrogen-bond acceptors (Lipinski definition) is 3. The van der Waals surface area contributed by atoms with E-state index in [9.17, 15) is 9.59 Å². The topological polar surface area (TPSA) is 96.2 Å². The van der Waals surface area contributed by atoms with Crippen LogP contribution in [-0.2, 0) is 4.79 Å². The van der Waals surface area contributed by atoms with Crippen molar-refractivity contribution in [3.63, 3.8) is 0 Å². The molecule has 5 N–H and O–H groups in total. The van der Waals surface area contributed by atoms with Crippen molar-refractivity contribution >= 4 is 35.7 Å². The first kappa shape index (κ1) is 18.2. The van der Waals surface area contributed by atoms with Crippen molar-refractivity contribution in [2.75, 3.05) is 17.2 Å². The van der Waals surface area contributed by atoms with Crippen LogP contribution in [0.15, 0.2) is 24.3 Å². The summed E-state index contributed by atoms with van der Waals surface area (Å²) >= 11 is 0. The zero-order valence-corrected chi connectivity index (χ0v) is 12.4. The summed E-state index contributed by atoms with van der Waals surface area (Å²) in [6.45, 7) is 4.16. The molecule has 0 radical (unpaired) electrons. The molecule has 0 aromatic heterocycles. The summed E-state index contributed by atoms with van der Waals surface area (Å²) in [5, 5.41) is 8.03. The number of hydrogen-bond donors (Lipinski definition) is 4. The highest BCUT2D eigenvalue weighted by Crippen LogP contribution is 2.15. The summed E-state index contributed by atoms with van der Waals surface area (Å²) in [7, 11) is 0. The SMILES string of the molecule is CCNC(=O)Nc1cccc(NC(=O)CC(C)N)c1.Cl. The summed E-state index contributed by atoms with van der Waals surface area (Å²) in [5.74, 6) is -0.148. The lowest BCUT2D eigenvalue weighted by atomic mass is 10.2. The minimum atomic E-state index is -0.276. The van der Waals surface area contributed by atoms with Crippen molar-refractivity contribution in [2.45, 2.75) is 26.3 Å². The molecule has 0 aliphatic heterocycles. The van der Waals surface area contributed by atoms with Gasteiger partial charge >= 0.3 is 6.03 Å². The molecule has 0 fully saturated rings. The standard InChI is InChI=1S/C13H20N4O2.ClH/c1-3-15-13(19)17-11-6-4-5-10(8-11)16-12(18)7-9(2)14;/h4-6,8-9H,3,7,14H2,1-2H3,(H,16,18)(H2,15,17,19);1H. The fourth-order valence-electron chi connectivity index (χ4n) is 1.52. The highest BCUT2D eigenvalue weighted by molar-refractivity contribution is 5.93. The number of anilines is 2. The second kappa shape index (κ2) is 9.17. The number of urea groups is 1. The molecular weight excluding hydrogens is 280 g/mol. The highest BCUT2D eigenvalue weighted by atomic mass is 35.5. The Morgan fingerprint density at radius 1 is 1.25 bits per heavy atom. The zero-order valence-electron chi connectivity index (χ0n) is 11.6. The van der Waals surface area contributed by atoms with E-state index in [0.29, 0.717) is 17.9 Å². The Balaban J connectivity index is 0.00000361. The van der Waals surface area contributed by atoms with Gasteiger partial charge in [0.05, 0.1) is 0 Å².